The van der Waals surface area contributed by atoms with Crippen LogP contribution < -0.4 is 5.32 Å². The van der Waals surface area contributed by atoms with Crippen molar-refractivity contribution in [3.63, 3.8) is 0 Å². The molecular formula is C11H13ClN6O. The van der Waals surface area contributed by atoms with Crippen molar-refractivity contribution in [3.05, 3.63) is 23.7 Å². The molecule has 0 bridgehead atoms. The second-order valence-electron chi connectivity index (χ2n) is 4.19. The Bertz CT molecular complexity index is 540. The summed E-state index contributed by atoms with van der Waals surface area (Å²) in [5, 5.41) is 7.31. The molecular weight excluding hydrogens is 268 g/mol. The van der Waals surface area contributed by atoms with Crippen LogP contribution in [-0.4, -0.2) is 44.0 Å². The number of hydrogen-bond acceptors (Lipinski definition) is 6. The Morgan fingerprint density at radius 2 is 2.37 bits per heavy atom. The quantitative estimate of drug-likeness (QED) is 0.910. The van der Waals surface area contributed by atoms with Crippen molar-refractivity contribution in [3.8, 4) is 5.95 Å². The van der Waals surface area contributed by atoms with E-state index >= 15 is 0 Å². The number of anilines is 1. The summed E-state index contributed by atoms with van der Waals surface area (Å²) in [6.07, 6.45) is 5.76. The molecule has 1 aliphatic heterocycles. The molecule has 8 heteroatoms. The molecule has 7 nitrogen and oxygen atoms in total. The Morgan fingerprint density at radius 3 is 3.11 bits per heavy atom. The van der Waals surface area contributed by atoms with Crippen LogP contribution in [0.25, 0.3) is 5.95 Å². The topological polar surface area (TPSA) is 77.8 Å². The minimum absolute atomic E-state index is 0.135. The number of rotatable bonds is 4. The number of nitrogens with one attached hydrogen (secondary N) is 1. The van der Waals surface area contributed by atoms with E-state index in [0.29, 0.717) is 18.4 Å². The minimum Gasteiger partial charge on any atom is -0.376 e. The fourth-order valence-corrected chi connectivity index (χ4v) is 2.07. The van der Waals surface area contributed by atoms with Crippen LogP contribution in [0.3, 0.4) is 0 Å². The first-order valence-electron chi connectivity index (χ1n) is 6.08. The molecule has 2 aromatic heterocycles. The standard InChI is InChI=1S/C11H13ClN6O/c12-9-15-10(13-7-8-3-1-6-19-8)17-11(16-9)18-5-2-4-14-18/h2,4-5,8H,1,3,6-7H2,(H,13,15,16,17). The first-order valence-corrected chi connectivity index (χ1v) is 6.46. The van der Waals surface area contributed by atoms with E-state index in [9.17, 15) is 0 Å². The molecule has 1 atom stereocenters. The van der Waals surface area contributed by atoms with Crippen molar-refractivity contribution in [2.45, 2.75) is 18.9 Å². The smallest absolute Gasteiger partial charge is 0.256 e. The maximum Gasteiger partial charge on any atom is 0.256 e. The third kappa shape index (κ3) is 2.99. The van der Waals surface area contributed by atoms with Gasteiger partial charge in [0.1, 0.15) is 0 Å². The fourth-order valence-electron chi connectivity index (χ4n) is 1.92. The maximum absolute atomic E-state index is 5.89. The van der Waals surface area contributed by atoms with Crippen LogP contribution in [0.1, 0.15) is 12.8 Å². The first kappa shape index (κ1) is 12.3. The van der Waals surface area contributed by atoms with E-state index in [-0.39, 0.29) is 11.4 Å². The molecule has 100 valence electrons. The van der Waals surface area contributed by atoms with Gasteiger partial charge in [0.05, 0.1) is 6.10 Å². The van der Waals surface area contributed by atoms with Gasteiger partial charge in [-0.1, -0.05) is 0 Å². The highest BCUT2D eigenvalue weighted by Gasteiger charge is 2.16. The zero-order valence-electron chi connectivity index (χ0n) is 10.2. The Balaban J connectivity index is 1.74. The van der Waals surface area contributed by atoms with Crippen LogP contribution in [-0.2, 0) is 4.74 Å². The van der Waals surface area contributed by atoms with Crippen molar-refractivity contribution in [2.24, 2.45) is 0 Å². The van der Waals surface area contributed by atoms with Gasteiger partial charge >= 0.3 is 0 Å². The van der Waals surface area contributed by atoms with Gasteiger partial charge in [0.2, 0.25) is 11.2 Å². The Kier molecular flexibility index (Phi) is 3.56. The van der Waals surface area contributed by atoms with E-state index in [1.807, 2.05) is 0 Å². The molecule has 1 saturated heterocycles. The van der Waals surface area contributed by atoms with Crippen LogP contribution in [0.15, 0.2) is 18.5 Å². The van der Waals surface area contributed by atoms with Crippen LogP contribution >= 0.6 is 11.6 Å². The van der Waals surface area contributed by atoms with E-state index in [1.54, 1.807) is 18.5 Å². The molecule has 0 aromatic carbocycles. The maximum atomic E-state index is 5.89. The SMILES string of the molecule is Clc1nc(NCC2CCCO2)nc(-n2cccn2)n1. The lowest BCUT2D eigenvalue weighted by atomic mass is 10.2. The number of ether oxygens (including phenoxy) is 1. The molecule has 3 rings (SSSR count). The molecule has 0 saturated carbocycles. The van der Waals surface area contributed by atoms with Crippen LogP contribution in [0.5, 0.6) is 0 Å². The summed E-state index contributed by atoms with van der Waals surface area (Å²) in [7, 11) is 0. The monoisotopic (exact) mass is 280 g/mol. The summed E-state index contributed by atoms with van der Waals surface area (Å²) in [4.78, 5) is 12.3. The Morgan fingerprint density at radius 1 is 1.42 bits per heavy atom. The highest BCUT2D eigenvalue weighted by molar-refractivity contribution is 6.28. The van der Waals surface area contributed by atoms with Gasteiger partial charge in [-0.3, -0.25) is 0 Å². The summed E-state index contributed by atoms with van der Waals surface area (Å²) in [5.74, 6) is 0.820. The summed E-state index contributed by atoms with van der Waals surface area (Å²) in [5.41, 5.74) is 0. The summed E-state index contributed by atoms with van der Waals surface area (Å²) in [6.45, 7) is 1.49. The number of hydrogen-bond donors (Lipinski definition) is 1. The fraction of sp³-hybridized carbons (Fsp3) is 0.455. The van der Waals surface area contributed by atoms with Crippen molar-refractivity contribution < 1.29 is 4.74 Å². The average Bonchev–Trinajstić information content (AvgIpc) is 3.09. The van der Waals surface area contributed by atoms with Gasteiger partial charge in [-0.05, 0) is 30.5 Å². The van der Waals surface area contributed by atoms with Gasteiger partial charge in [0.25, 0.3) is 5.95 Å². The van der Waals surface area contributed by atoms with Crippen molar-refractivity contribution in [1.29, 1.82) is 0 Å². The lowest BCUT2D eigenvalue weighted by Crippen LogP contribution is -2.20. The second-order valence-corrected chi connectivity index (χ2v) is 4.53. The lowest BCUT2D eigenvalue weighted by Gasteiger charge is -2.11. The van der Waals surface area contributed by atoms with Gasteiger partial charge in [0, 0.05) is 25.5 Å². The average molecular weight is 281 g/mol. The molecule has 1 fully saturated rings. The molecule has 2 aromatic rings. The highest BCUT2D eigenvalue weighted by Crippen LogP contribution is 2.13. The predicted molar refractivity (Wildman–Crippen MR) is 69.4 cm³/mol. The third-order valence-electron chi connectivity index (χ3n) is 2.82. The summed E-state index contributed by atoms with van der Waals surface area (Å²) < 4.78 is 7.06. The van der Waals surface area contributed by atoms with Crippen LogP contribution in [0.4, 0.5) is 5.95 Å². The normalized spacial score (nSPS) is 18.7. The molecule has 1 aliphatic rings. The van der Waals surface area contributed by atoms with Crippen LogP contribution in [0.2, 0.25) is 5.28 Å². The Labute approximate surface area is 115 Å². The van der Waals surface area contributed by atoms with Crippen molar-refractivity contribution >= 4 is 17.5 Å². The van der Waals surface area contributed by atoms with Gasteiger partial charge < -0.3 is 10.1 Å². The minimum atomic E-state index is 0.135. The highest BCUT2D eigenvalue weighted by atomic mass is 35.5. The van der Waals surface area contributed by atoms with Gasteiger partial charge in [-0.15, -0.1) is 0 Å². The van der Waals surface area contributed by atoms with E-state index < -0.39 is 0 Å². The summed E-state index contributed by atoms with van der Waals surface area (Å²) in [6, 6.07) is 1.79. The molecule has 1 N–H and O–H groups in total. The number of halogens is 1. The van der Waals surface area contributed by atoms with Gasteiger partial charge in [0.15, 0.2) is 0 Å². The molecule has 0 aliphatic carbocycles. The molecule has 3 heterocycles. The second kappa shape index (κ2) is 5.50. The summed E-state index contributed by atoms with van der Waals surface area (Å²) >= 11 is 5.89. The van der Waals surface area contributed by atoms with Gasteiger partial charge in [-0.25, -0.2) is 4.68 Å². The number of nitrogens with zero attached hydrogens (tertiary/aromatic N) is 5. The third-order valence-corrected chi connectivity index (χ3v) is 2.99. The first-order chi connectivity index (χ1) is 9.31. The lowest BCUT2D eigenvalue weighted by molar-refractivity contribution is 0.120. The molecule has 0 radical (unpaired) electrons. The van der Waals surface area contributed by atoms with E-state index in [1.165, 1.54) is 4.68 Å². The Hall–Kier alpha value is -1.73. The largest absolute Gasteiger partial charge is 0.376 e. The molecule has 19 heavy (non-hydrogen) atoms. The molecule has 0 spiro atoms. The van der Waals surface area contributed by atoms with Gasteiger partial charge in [-0.2, -0.15) is 20.1 Å². The molecule has 0 amide bonds. The van der Waals surface area contributed by atoms with Crippen molar-refractivity contribution in [2.75, 3.05) is 18.5 Å². The number of aromatic nitrogens is 5. The van der Waals surface area contributed by atoms with Crippen molar-refractivity contribution in [1.82, 2.24) is 24.7 Å². The van der Waals surface area contributed by atoms with E-state index in [4.69, 9.17) is 16.3 Å². The predicted octanol–water partition coefficient (Wildman–Crippen LogP) is 1.30. The van der Waals surface area contributed by atoms with Crippen LogP contribution in [0, 0.1) is 0 Å². The van der Waals surface area contributed by atoms with E-state index in [0.717, 1.165) is 19.4 Å². The van der Waals surface area contributed by atoms with E-state index in [2.05, 4.69) is 25.4 Å². The molecule has 1 unspecified atom stereocenters. The zero-order chi connectivity index (χ0) is 13.1. The zero-order valence-corrected chi connectivity index (χ0v) is 10.9.